The average molecular weight is 242 g/mol. The topological polar surface area (TPSA) is 60.9 Å². The van der Waals surface area contributed by atoms with Crippen molar-refractivity contribution < 1.29 is 14.7 Å². The first-order chi connectivity index (χ1) is 8.13. The standard InChI is InChI=1S/C12H22N2O3/c1-2-14(10-6-12(16)17)11(15)5-9-13-7-3-4-8-13/h2-10H2,1H3,(H,16,17). The number of amides is 1. The minimum absolute atomic E-state index is 0.0310. The van der Waals surface area contributed by atoms with Crippen molar-refractivity contribution >= 4 is 11.9 Å². The van der Waals surface area contributed by atoms with Crippen molar-refractivity contribution in [3.8, 4) is 0 Å². The molecule has 1 rings (SSSR count). The van der Waals surface area contributed by atoms with Gasteiger partial charge in [0.1, 0.15) is 0 Å². The summed E-state index contributed by atoms with van der Waals surface area (Å²) < 4.78 is 0. The number of likely N-dealkylation sites (tertiary alicyclic amines) is 1. The molecule has 17 heavy (non-hydrogen) atoms. The molecular formula is C12H22N2O3. The molecule has 1 aliphatic rings. The van der Waals surface area contributed by atoms with E-state index in [0.29, 0.717) is 19.5 Å². The number of carboxylic acids is 1. The molecule has 1 saturated heterocycles. The molecule has 0 unspecified atom stereocenters. The van der Waals surface area contributed by atoms with Crippen LogP contribution in [0.3, 0.4) is 0 Å². The number of carboxylic acid groups (broad SMARTS) is 1. The van der Waals surface area contributed by atoms with E-state index in [2.05, 4.69) is 4.90 Å². The molecule has 1 fully saturated rings. The zero-order valence-electron chi connectivity index (χ0n) is 10.5. The van der Waals surface area contributed by atoms with Crippen molar-refractivity contribution in [1.29, 1.82) is 0 Å². The van der Waals surface area contributed by atoms with Gasteiger partial charge in [-0.2, -0.15) is 0 Å². The van der Waals surface area contributed by atoms with Crippen LogP contribution in [0.15, 0.2) is 0 Å². The van der Waals surface area contributed by atoms with Gasteiger partial charge in [0.2, 0.25) is 5.91 Å². The second-order valence-corrected chi connectivity index (χ2v) is 4.42. The molecule has 0 aliphatic carbocycles. The van der Waals surface area contributed by atoms with Gasteiger partial charge in [0, 0.05) is 26.1 Å². The lowest BCUT2D eigenvalue weighted by atomic mass is 10.3. The van der Waals surface area contributed by atoms with E-state index < -0.39 is 5.97 Å². The summed E-state index contributed by atoms with van der Waals surface area (Å²) in [6, 6.07) is 0. The van der Waals surface area contributed by atoms with E-state index in [1.807, 2.05) is 6.92 Å². The summed E-state index contributed by atoms with van der Waals surface area (Å²) in [7, 11) is 0. The third-order valence-electron chi connectivity index (χ3n) is 3.17. The fraction of sp³-hybridized carbons (Fsp3) is 0.833. The first kappa shape index (κ1) is 14.0. The summed E-state index contributed by atoms with van der Waals surface area (Å²) in [6.45, 7) is 5.79. The largest absolute Gasteiger partial charge is 0.481 e. The van der Waals surface area contributed by atoms with Crippen LogP contribution in [0.25, 0.3) is 0 Å². The van der Waals surface area contributed by atoms with Gasteiger partial charge in [-0.3, -0.25) is 9.59 Å². The Morgan fingerprint density at radius 1 is 1.24 bits per heavy atom. The van der Waals surface area contributed by atoms with Gasteiger partial charge < -0.3 is 14.9 Å². The van der Waals surface area contributed by atoms with Gasteiger partial charge in [-0.25, -0.2) is 0 Å². The molecule has 0 atom stereocenters. The Kier molecular flexibility index (Phi) is 5.97. The highest BCUT2D eigenvalue weighted by molar-refractivity contribution is 5.77. The van der Waals surface area contributed by atoms with Crippen molar-refractivity contribution in [1.82, 2.24) is 9.80 Å². The maximum atomic E-state index is 11.8. The number of carbonyl (C=O) groups excluding carboxylic acids is 1. The van der Waals surface area contributed by atoms with Crippen molar-refractivity contribution in [2.75, 3.05) is 32.7 Å². The number of nitrogens with zero attached hydrogens (tertiary/aromatic N) is 2. The minimum Gasteiger partial charge on any atom is -0.481 e. The van der Waals surface area contributed by atoms with Crippen molar-refractivity contribution in [3.05, 3.63) is 0 Å². The van der Waals surface area contributed by atoms with E-state index >= 15 is 0 Å². The van der Waals surface area contributed by atoms with Gasteiger partial charge in [-0.1, -0.05) is 0 Å². The van der Waals surface area contributed by atoms with Crippen LogP contribution >= 0.6 is 0 Å². The second kappa shape index (κ2) is 7.27. The van der Waals surface area contributed by atoms with Crippen LogP contribution in [0.5, 0.6) is 0 Å². The molecule has 0 spiro atoms. The molecule has 5 nitrogen and oxygen atoms in total. The number of hydrogen-bond donors (Lipinski definition) is 1. The maximum Gasteiger partial charge on any atom is 0.305 e. The first-order valence-corrected chi connectivity index (χ1v) is 6.35. The summed E-state index contributed by atoms with van der Waals surface area (Å²) in [5.41, 5.74) is 0. The fourth-order valence-corrected chi connectivity index (χ4v) is 2.11. The molecule has 0 radical (unpaired) electrons. The molecule has 5 heteroatoms. The SMILES string of the molecule is CCN(CCC(=O)O)C(=O)CCN1CCCC1. The summed E-state index contributed by atoms with van der Waals surface area (Å²) in [6.07, 6.45) is 2.99. The number of hydrogen-bond acceptors (Lipinski definition) is 3. The van der Waals surface area contributed by atoms with Crippen LogP contribution in [0, 0.1) is 0 Å². The minimum atomic E-state index is -0.851. The van der Waals surface area contributed by atoms with E-state index in [1.165, 1.54) is 12.8 Å². The molecule has 0 aromatic carbocycles. The molecule has 0 saturated carbocycles. The Hall–Kier alpha value is -1.10. The predicted octanol–water partition coefficient (Wildman–Crippen LogP) is 0.795. The number of aliphatic carboxylic acids is 1. The van der Waals surface area contributed by atoms with Crippen LogP contribution in [0.1, 0.15) is 32.6 Å². The van der Waals surface area contributed by atoms with Gasteiger partial charge in [0.15, 0.2) is 0 Å². The van der Waals surface area contributed by atoms with Gasteiger partial charge >= 0.3 is 5.97 Å². The molecule has 1 heterocycles. The third-order valence-corrected chi connectivity index (χ3v) is 3.17. The smallest absolute Gasteiger partial charge is 0.305 e. The maximum absolute atomic E-state index is 11.8. The van der Waals surface area contributed by atoms with Crippen LogP contribution in [-0.2, 0) is 9.59 Å². The zero-order valence-corrected chi connectivity index (χ0v) is 10.5. The molecule has 1 aliphatic heterocycles. The number of rotatable bonds is 7. The molecule has 1 amide bonds. The summed E-state index contributed by atoms with van der Waals surface area (Å²) in [4.78, 5) is 26.2. The normalized spacial score (nSPS) is 16.1. The van der Waals surface area contributed by atoms with Gasteiger partial charge in [0.05, 0.1) is 6.42 Å². The lowest BCUT2D eigenvalue weighted by Crippen LogP contribution is -2.35. The molecule has 98 valence electrons. The highest BCUT2D eigenvalue weighted by atomic mass is 16.4. The Morgan fingerprint density at radius 3 is 2.41 bits per heavy atom. The Labute approximate surface area is 102 Å². The molecule has 0 aromatic heterocycles. The molecule has 0 bridgehead atoms. The summed E-state index contributed by atoms with van der Waals surface area (Å²) in [5, 5.41) is 8.60. The van der Waals surface area contributed by atoms with Crippen LogP contribution in [0.2, 0.25) is 0 Å². The van der Waals surface area contributed by atoms with Crippen molar-refractivity contribution in [2.45, 2.75) is 32.6 Å². The monoisotopic (exact) mass is 242 g/mol. The third kappa shape index (κ3) is 5.17. The highest BCUT2D eigenvalue weighted by Crippen LogP contribution is 2.08. The van der Waals surface area contributed by atoms with Crippen molar-refractivity contribution in [2.24, 2.45) is 0 Å². The van der Waals surface area contributed by atoms with Crippen LogP contribution in [0.4, 0.5) is 0 Å². The zero-order chi connectivity index (χ0) is 12.7. The molecule has 1 N–H and O–H groups in total. The van der Waals surface area contributed by atoms with Gasteiger partial charge in [0.25, 0.3) is 0 Å². The summed E-state index contributed by atoms with van der Waals surface area (Å²) >= 11 is 0. The highest BCUT2D eigenvalue weighted by Gasteiger charge is 2.16. The Balaban J connectivity index is 2.24. The van der Waals surface area contributed by atoms with E-state index in [-0.39, 0.29) is 12.3 Å². The molecular weight excluding hydrogens is 220 g/mol. The van der Waals surface area contributed by atoms with Crippen LogP contribution in [-0.4, -0.2) is 59.5 Å². The van der Waals surface area contributed by atoms with Gasteiger partial charge in [-0.15, -0.1) is 0 Å². The first-order valence-electron chi connectivity index (χ1n) is 6.35. The fourth-order valence-electron chi connectivity index (χ4n) is 2.11. The lowest BCUT2D eigenvalue weighted by Gasteiger charge is -2.21. The predicted molar refractivity (Wildman–Crippen MR) is 64.8 cm³/mol. The van der Waals surface area contributed by atoms with E-state index in [4.69, 9.17) is 5.11 Å². The van der Waals surface area contributed by atoms with Gasteiger partial charge in [-0.05, 0) is 32.9 Å². The summed E-state index contributed by atoms with van der Waals surface area (Å²) in [5.74, 6) is -0.781. The number of carbonyl (C=O) groups is 2. The van der Waals surface area contributed by atoms with E-state index in [1.54, 1.807) is 4.90 Å². The molecule has 0 aromatic rings. The second-order valence-electron chi connectivity index (χ2n) is 4.42. The lowest BCUT2D eigenvalue weighted by molar-refractivity contribution is -0.138. The van der Waals surface area contributed by atoms with E-state index in [0.717, 1.165) is 19.6 Å². The quantitative estimate of drug-likeness (QED) is 0.717. The Bertz CT molecular complexity index is 262. The van der Waals surface area contributed by atoms with Crippen LogP contribution < -0.4 is 0 Å². The average Bonchev–Trinajstić information content (AvgIpc) is 2.79. The van der Waals surface area contributed by atoms with Crippen molar-refractivity contribution in [3.63, 3.8) is 0 Å². The van der Waals surface area contributed by atoms with E-state index in [9.17, 15) is 9.59 Å². The Morgan fingerprint density at radius 2 is 1.88 bits per heavy atom.